The van der Waals surface area contributed by atoms with Crippen molar-refractivity contribution in [3.63, 3.8) is 0 Å². The largest absolute Gasteiger partial charge is 0.496 e. The summed E-state index contributed by atoms with van der Waals surface area (Å²) in [6, 6.07) is 6.35. The van der Waals surface area contributed by atoms with E-state index in [0.29, 0.717) is 0 Å². The molecule has 0 radical (unpaired) electrons. The first kappa shape index (κ1) is 9.53. The first-order valence-corrected chi connectivity index (χ1v) is 5.06. The molecule has 2 nitrogen and oxygen atoms in total. The van der Waals surface area contributed by atoms with E-state index in [1.54, 1.807) is 7.11 Å². The molecule has 1 fully saturated rings. The van der Waals surface area contributed by atoms with Gasteiger partial charge in [0.2, 0.25) is 0 Å². The molecular formula is C12H17NO. The molecule has 1 aliphatic heterocycles. The first-order chi connectivity index (χ1) is 6.65. The highest BCUT2D eigenvalue weighted by Crippen LogP contribution is 2.36. The van der Waals surface area contributed by atoms with Crippen LogP contribution in [0.3, 0.4) is 0 Å². The Morgan fingerprint density at radius 1 is 1.43 bits per heavy atom. The molecule has 1 atom stereocenters. The Morgan fingerprint density at radius 2 is 2.14 bits per heavy atom. The van der Waals surface area contributed by atoms with E-state index in [1.165, 1.54) is 17.5 Å². The van der Waals surface area contributed by atoms with Crippen molar-refractivity contribution in [2.24, 2.45) is 0 Å². The van der Waals surface area contributed by atoms with Crippen molar-refractivity contribution >= 4 is 0 Å². The van der Waals surface area contributed by atoms with E-state index in [-0.39, 0.29) is 5.54 Å². The summed E-state index contributed by atoms with van der Waals surface area (Å²) < 4.78 is 5.38. The van der Waals surface area contributed by atoms with Crippen molar-refractivity contribution in [3.05, 3.63) is 29.3 Å². The lowest BCUT2D eigenvalue weighted by molar-refractivity contribution is 0.228. The van der Waals surface area contributed by atoms with Gasteiger partial charge in [-0.1, -0.05) is 17.7 Å². The second kappa shape index (κ2) is 3.28. The zero-order valence-electron chi connectivity index (χ0n) is 9.05. The minimum Gasteiger partial charge on any atom is -0.496 e. The third-order valence-corrected chi connectivity index (χ3v) is 3.09. The van der Waals surface area contributed by atoms with Crippen LogP contribution in [0.1, 0.15) is 24.5 Å². The monoisotopic (exact) mass is 191 g/mol. The maximum atomic E-state index is 5.38. The molecule has 1 N–H and O–H groups in total. The summed E-state index contributed by atoms with van der Waals surface area (Å²) >= 11 is 0. The van der Waals surface area contributed by atoms with E-state index in [9.17, 15) is 0 Å². The number of aryl methyl sites for hydroxylation is 1. The van der Waals surface area contributed by atoms with Gasteiger partial charge in [0, 0.05) is 11.1 Å². The van der Waals surface area contributed by atoms with Crippen molar-refractivity contribution in [2.45, 2.75) is 25.8 Å². The van der Waals surface area contributed by atoms with Gasteiger partial charge in [-0.3, -0.25) is 0 Å². The Morgan fingerprint density at radius 3 is 2.64 bits per heavy atom. The summed E-state index contributed by atoms with van der Waals surface area (Å²) in [6.07, 6.45) is 1.19. The van der Waals surface area contributed by atoms with E-state index in [1.807, 2.05) is 0 Å². The van der Waals surface area contributed by atoms with Crippen LogP contribution in [0.4, 0.5) is 0 Å². The van der Waals surface area contributed by atoms with Crippen LogP contribution in [0, 0.1) is 6.92 Å². The van der Waals surface area contributed by atoms with E-state index >= 15 is 0 Å². The maximum Gasteiger partial charge on any atom is 0.123 e. The molecular weight excluding hydrogens is 174 g/mol. The topological polar surface area (TPSA) is 21.3 Å². The van der Waals surface area contributed by atoms with Crippen molar-refractivity contribution in [1.29, 1.82) is 0 Å². The summed E-state index contributed by atoms with van der Waals surface area (Å²) in [5, 5.41) is 3.46. The lowest BCUT2D eigenvalue weighted by Gasteiger charge is -2.41. The van der Waals surface area contributed by atoms with Gasteiger partial charge in [-0.05, 0) is 32.9 Å². The second-order valence-electron chi connectivity index (χ2n) is 4.21. The highest BCUT2D eigenvalue weighted by Gasteiger charge is 2.35. The Balaban J connectivity index is 2.43. The molecule has 0 saturated carbocycles. The number of benzene rings is 1. The lowest BCUT2D eigenvalue weighted by Crippen LogP contribution is -2.51. The summed E-state index contributed by atoms with van der Waals surface area (Å²) in [6.45, 7) is 5.45. The molecule has 2 rings (SSSR count). The van der Waals surface area contributed by atoms with Crippen LogP contribution in [0.15, 0.2) is 18.2 Å². The fourth-order valence-corrected chi connectivity index (χ4v) is 1.98. The molecule has 1 aliphatic rings. The van der Waals surface area contributed by atoms with Gasteiger partial charge in [-0.2, -0.15) is 0 Å². The SMILES string of the molecule is COc1ccc(C)cc1C1(C)CCN1. The van der Waals surface area contributed by atoms with Gasteiger partial charge in [0.25, 0.3) is 0 Å². The second-order valence-corrected chi connectivity index (χ2v) is 4.21. The third kappa shape index (κ3) is 1.40. The fraction of sp³-hybridized carbons (Fsp3) is 0.500. The maximum absolute atomic E-state index is 5.38. The minimum absolute atomic E-state index is 0.122. The van der Waals surface area contributed by atoms with Crippen LogP contribution < -0.4 is 10.1 Å². The van der Waals surface area contributed by atoms with E-state index in [2.05, 4.69) is 37.4 Å². The molecule has 1 saturated heterocycles. The van der Waals surface area contributed by atoms with E-state index in [4.69, 9.17) is 4.74 Å². The van der Waals surface area contributed by atoms with Crippen molar-refractivity contribution in [3.8, 4) is 5.75 Å². The molecule has 1 heterocycles. The summed E-state index contributed by atoms with van der Waals surface area (Å²) in [7, 11) is 1.73. The predicted molar refractivity (Wildman–Crippen MR) is 57.7 cm³/mol. The van der Waals surface area contributed by atoms with Crippen LogP contribution in [0.25, 0.3) is 0 Å². The van der Waals surface area contributed by atoms with Gasteiger partial charge >= 0.3 is 0 Å². The van der Waals surface area contributed by atoms with Gasteiger partial charge in [0.1, 0.15) is 5.75 Å². The standard InChI is InChI=1S/C12H17NO/c1-9-4-5-11(14-3)10(8-9)12(2)6-7-13-12/h4-5,8,13H,6-7H2,1-3H3. The lowest BCUT2D eigenvalue weighted by atomic mass is 9.81. The average Bonchev–Trinajstić information content (AvgIpc) is 2.14. The fourth-order valence-electron chi connectivity index (χ4n) is 1.98. The number of methoxy groups -OCH3 is 1. The van der Waals surface area contributed by atoms with Crippen LogP contribution in [0.5, 0.6) is 5.75 Å². The molecule has 0 bridgehead atoms. The average molecular weight is 191 g/mol. The molecule has 0 amide bonds. The Hall–Kier alpha value is -1.02. The van der Waals surface area contributed by atoms with Crippen molar-refractivity contribution < 1.29 is 4.74 Å². The molecule has 0 aromatic heterocycles. The first-order valence-electron chi connectivity index (χ1n) is 5.06. The van der Waals surface area contributed by atoms with Gasteiger partial charge in [-0.15, -0.1) is 0 Å². The molecule has 76 valence electrons. The van der Waals surface area contributed by atoms with E-state index in [0.717, 1.165) is 12.3 Å². The van der Waals surface area contributed by atoms with Gasteiger partial charge < -0.3 is 10.1 Å². The Bertz CT molecular complexity index is 342. The number of hydrogen-bond donors (Lipinski definition) is 1. The molecule has 1 unspecified atom stereocenters. The van der Waals surface area contributed by atoms with Gasteiger partial charge in [0.15, 0.2) is 0 Å². The van der Waals surface area contributed by atoms with Gasteiger partial charge in [0.05, 0.1) is 7.11 Å². The van der Waals surface area contributed by atoms with Crippen molar-refractivity contribution in [2.75, 3.05) is 13.7 Å². The van der Waals surface area contributed by atoms with Gasteiger partial charge in [-0.25, -0.2) is 0 Å². The number of nitrogens with one attached hydrogen (secondary N) is 1. The Kier molecular flexibility index (Phi) is 2.23. The smallest absolute Gasteiger partial charge is 0.123 e. The third-order valence-electron chi connectivity index (χ3n) is 3.09. The van der Waals surface area contributed by atoms with E-state index < -0.39 is 0 Å². The van der Waals surface area contributed by atoms with Crippen LogP contribution >= 0.6 is 0 Å². The molecule has 1 aromatic rings. The minimum atomic E-state index is 0.122. The zero-order chi connectivity index (χ0) is 10.2. The summed E-state index contributed by atoms with van der Waals surface area (Å²) in [4.78, 5) is 0. The zero-order valence-corrected chi connectivity index (χ0v) is 9.05. The number of rotatable bonds is 2. The van der Waals surface area contributed by atoms with Crippen molar-refractivity contribution in [1.82, 2.24) is 5.32 Å². The molecule has 14 heavy (non-hydrogen) atoms. The van der Waals surface area contributed by atoms with Crippen LogP contribution in [0.2, 0.25) is 0 Å². The Labute approximate surface area is 85.3 Å². The molecule has 2 heteroatoms. The highest BCUT2D eigenvalue weighted by atomic mass is 16.5. The number of hydrogen-bond acceptors (Lipinski definition) is 2. The molecule has 1 aromatic carbocycles. The normalized spacial score (nSPS) is 25.6. The summed E-state index contributed by atoms with van der Waals surface area (Å²) in [5.74, 6) is 0.991. The van der Waals surface area contributed by atoms with Crippen LogP contribution in [-0.4, -0.2) is 13.7 Å². The van der Waals surface area contributed by atoms with Crippen LogP contribution in [-0.2, 0) is 5.54 Å². The summed E-state index contributed by atoms with van der Waals surface area (Å²) in [5.41, 5.74) is 2.69. The predicted octanol–water partition coefficient (Wildman–Crippen LogP) is 2.21. The molecule has 0 aliphatic carbocycles. The highest BCUT2D eigenvalue weighted by molar-refractivity contribution is 5.42. The quantitative estimate of drug-likeness (QED) is 0.774. The molecule has 0 spiro atoms. The number of ether oxygens (including phenoxy) is 1.